The van der Waals surface area contributed by atoms with Crippen molar-refractivity contribution in [3.05, 3.63) is 18.2 Å². The fraction of sp³-hybridized carbons (Fsp3) is 0.533. The second kappa shape index (κ2) is 8.16. The molecule has 0 aliphatic carbocycles. The number of fused-ring (bicyclic) bond motifs is 1. The lowest BCUT2D eigenvalue weighted by molar-refractivity contribution is -0.143. The van der Waals surface area contributed by atoms with Crippen LogP contribution in [0.2, 0.25) is 0 Å². The second-order valence-electron chi connectivity index (χ2n) is 4.97. The van der Waals surface area contributed by atoms with Gasteiger partial charge in [0, 0.05) is 25.5 Å². The van der Waals surface area contributed by atoms with E-state index < -0.39 is 10.0 Å². The number of hydrogen-bond donors (Lipinski definition) is 1. The highest BCUT2D eigenvalue weighted by atomic mass is 32.2. The molecule has 0 fully saturated rings. The SMILES string of the molecule is CCOC(=O)CCCNS(=O)(=O)c1ccc2c(c1)OCCCO2. The Morgan fingerprint density at radius 2 is 2.00 bits per heavy atom. The third kappa shape index (κ3) is 5.11. The maximum Gasteiger partial charge on any atom is 0.305 e. The van der Waals surface area contributed by atoms with E-state index in [2.05, 4.69) is 4.72 Å². The lowest BCUT2D eigenvalue weighted by atomic mass is 10.3. The molecule has 23 heavy (non-hydrogen) atoms. The van der Waals surface area contributed by atoms with Crippen molar-refractivity contribution in [2.45, 2.75) is 31.1 Å². The molecule has 1 N–H and O–H groups in total. The Labute approximate surface area is 136 Å². The first kappa shape index (κ1) is 17.6. The highest BCUT2D eigenvalue weighted by molar-refractivity contribution is 7.89. The molecule has 0 saturated carbocycles. The fourth-order valence-electron chi connectivity index (χ4n) is 2.07. The molecule has 7 nitrogen and oxygen atoms in total. The molecule has 0 bridgehead atoms. The summed E-state index contributed by atoms with van der Waals surface area (Å²) < 4.78 is 42.7. The van der Waals surface area contributed by atoms with Gasteiger partial charge in [0.2, 0.25) is 10.0 Å². The molecule has 0 atom stereocenters. The number of ether oxygens (including phenoxy) is 3. The van der Waals surface area contributed by atoms with Gasteiger partial charge in [0.15, 0.2) is 11.5 Å². The predicted molar refractivity (Wildman–Crippen MR) is 83.1 cm³/mol. The maximum atomic E-state index is 12.3. The zero-order chi connectivity index (χ0) is 16.7. The Morgan fingerprint density at radius 3 is 2.74 bits per heavy atom. The summed E-state index contributed by atoms with van der Waals surface area (Å²) in [4.78, 5) is 11.3. The van der Waals surface area contributed by atoms with Crippen LogP contribution in [0.25, 0.3) is 0 Å². The molecule has 8 heteroatoms. The number of carbonyl (C=O) groups excluding carboxylic acids is 1. The van der Waals surface area contributed by atoms with Gasteiger partial charge in [0.05, 0.1) is 24.7 Å². The van der Waals surface area contributed by atoms with Crippen LogP contribution in [0.4, 0.5) is 0 Å². The highest BCUT2D eigenvalue weighted by Gasteiger charge is 2.18. The predicted octanol–water partition coefficient (Wildman–Crippen LogP) is 1.47. The second-order valence-corrected chi connectivity index (χ2v) is 6.73. The standard InChI is InChI=1S/C15H21NO6S/c1-2-20-15(17)5-3-8-16-23(18,19)12-6-7-13-14(11-12)22-10-4-9-21-13/h6-7,11,16H,2-5,8-10H2,1H3. The molecule has 128 valence electrons. The molecule has 0 radical (unpaired) electrons. The third-order valence-electron chi connectivity index (χ3n) is 3.18. The Morgan fingerprint density at radius 1 is 1.26 bits per heavy atom. The van der Waals surface area contributed by atoms with Gasteiger partial charge in [-0.25, -0.2) is 13.1 Å². The normalized spacial score (nSPS) is 14.1. The Kier molecular flexibility index (Phi) is 6.23. The molecule has 1 heterocycles. The van der Waals surface area contributed by atoms with E-state index in [1.54, 1.807) is 13.0 Å². The van der Waals surface area contributed by atoms with Gasteiger partial charge in [-0.2, -0.15) is 0 Å². The van der Waals surface area contributed by atoms with Crippen LogP contribution in [0, 0.1) is 0 Å². The van der Waals surface area contributed by atoms with Crippen molar-refractivity contribution < 1.29 is 27.4 Å². The van der Waals surface area contributed by atoms with Gasteiger partial charge in [0.1, 0.15) is 0 Å². The van der Waals surface area contributed by atoms with Gasteiger partial charge in [-0.1, -0.05) is 0 Å². The largest absolute Gasteiger partial charge is 0.490 e. The van der Waals surface area contributed by atoms with E-state index >= 15 is 0 Å². The van der Waals surface area contributed by atoms with E-state index in [0.29, 0.717) is 37.7 Å². The van der Waals surface area contributed by atoms with E-state index in [4.69, 9.17) is 14.2 Å². The fourth-order valence-corrected chi connectivity index (χ4v) is 3.16. The van der Waals surface area contributed by atoms with Gasteiger partial charge in [-0.05, 0) is 25.5 Å². The van der Waals surface area contributed by atoms with Crippen LogP contribution in [0.5, 0.6) is 11.5 Å². The van der Waals surface area contributed by atoms with Crippen LogP contribution in [-0.4, -0.2) is 40.8 Å². The van der Waals surface area contributed by atoms with Gasteiger partial charge in [-0.3, -0.25) is 4.79 Å². The van der Waals surface area contributed by atoms with E-state index in [9.17, 15) is 13.2 Å². The van der Waals surface area contributed by atoms with E-state index in [1.807, 2.05) is 0 Å². The van der Waals surface area contributed by atoms with Crippen molar-refractivity contribution in [3.63, 3.8) is 0 Å². The van der Waals surface area contributed by atoms with Crippen LogP contribution in [-0.2, 0) is 19.6 Å². The summed E-state index contributed by atoms with van der Waals surface area (Å²) in [6.45, 7) is 3.25. The number of rotatable bonds is 7. The van der Waals surface area contributed by atoms with E-state index in [-0.39, 0.29) is 23.8 Å². The van der Waals surface area contributed by atoms with Gasteiger partial charge >= 0.3 is 5.97 Å². The number of esters is 1. The molecule has 0 unspecified atom stereocenters. The quantitative estimate of drug-likeness (QED) is 0.595. The maximum absolute atomic E-state index is 12.3. The van der Waals surface area contributed by atoms with Gasteiger partial charge in [0.25, 0.3) is 0 Å². The Balaban J connectivity index is 1.94. The first-order valence-electron chi connectivity index (χ1n) is 7.58. The molecule has 1 aromatic carbocycles. The summed E-state index contributed by atoms with van der Waals surface area (Å²) in [5.74, 6) is 0.642. The Hall–Kier alpha value is -1.80. The molecule has 0 saturated heterocycles. The average Bonchev–Trinajstić information content (AvgIpc) is 2.76. The van der Waals surface area contributed by atoms with Crippen molar-refractivity contribution >= 4 is 16.0 Å². The minimum Gasteiger partial charge on any atom is -0.490 e. The third-order valence-corrected chi connectivity index (χ3v) is 4.64. The topological polar surface area (TPSA) is 90.9 Å². The van der Waals surface area contributed by atoms with Crippen molar-refractivity contribution in [2.75, 3.05) is 26.4 Å². The van der Waals surface area contributed by atoms with Crippen LogP contribution in [0.15, 0.2) is 23.1 Å². The number of hydrogen-bond acceptors (Lipinski definition) is 6. The van der Waals surface area contributed by atoms with Crippen molar-refractivity contribution in [2.24, 2.45) is 0 Å². The molecule has 1 aliphatic rings. The summed E-state index contributed by atoms with van der Waals surface area (Å²) in [5, 5.41) is 0. The van der Waals surface area contributed by atoms with Crippen molar-refractivity contribution in [1.82, 2.24) is 4.72 Å². The van der Waals surface area contributed by atoms with Crippen LogP contribution < -0.4 is 14.2 Å². The summed E-state index contributed by atoms with van der Waals surface area (Å²) in [6.07, 6.45) is 1.31. The molecule has 0 spiro atoms. The van der Waals surface area contributed by atoms with Crippen LogP contribution in [0.1, 0.15) is 26.2 Å². The zero-order valence-corrected chi connectivity index (χ0v) is 13.9. The van der Waals surface area contributed by atoms with Gasteiger partial charge in [-0.15, -0.1) is 0 Å². The number of benzene rings is 1. The molecule has 1 aromatic rings. The number of carbonyl (C=O) groups is 1. The summed E-state index contributed by atoms with van der Waals surface area (Å²) in [6, 6.07) is 4.52. The van der Waals surface area contributed by atoms with Gasteiger partial charge < -0.3 is 14.2 Å². The molecular weight excluding hydrogens is 322 g/mol. The number of nitrogens with one attached hydrogen (secondary N) is 1. The average molecular weight is 343 g/mol. The lowest BCUT2D eigenvalue weighted by Crippen LogP contribution is -2.25. The van der Waals surface area contributed by atoms with Crippen LogP contribution >= 0.6 is 0 Å². The minimum absolute atomic E-state index is 0.109. The van der Waals surface area contributed by atoms with E-state index in [0.717, 1.165) is 6.42 Å². The first-order valence-corrected chi connectivity index (χ1v) is 9.06. The highest BCUT2D eigenvalue weighted by Crippen LogP contribution is 2.31. The molecular formula is C15H21NO6S. The van der Waals surface area contributed by atoms with Crippen molar-refractivity contribution in [1.29, 1.82) is 0 Å². The Bertz CT molecular complexity index is 643. The zero-order valence-electron chi connectivity index (χ0n) is 13.0. The number of sulfonamides is 1. The summed E-state index contributed by atoms with van der Waals surface area (Å²) >= 11 is 0. The monoisotopic (exact) mass is 343 g/mol. The lowest BCUT2D eigenvalue weighted by Gasteiger charge is -2.10. The minimum atomic E-state index is -3.65. The molecule has 2 rings (SSSR count). The molecule has 0 amide bonds. The molecule has 1 aliphatic heterocycles. The first-order chi connectivity index (χ1) is 11.0. The summed E-state index contributed by atoms with van der Waals surface area (Å²) in [5.41, 5.74) is 0. The smallest absolute Gasteiger partial charge is 0.305 e. The molecule has 0 aromatic heterocycles. The van der Waals surface area contributed by atoms with Crippen molar-refractivity contribution in [3.8, 4) is 11.5 Å². The van der Waals surface area contributed by atoms with E-state index in [1.165, 1.54) is 12.1 Å². The summed E-state index contributed by atoms with van der Waals surface area (Å²) in [7, 11) is -3.65. The van der Waals surface area contributed by atoms with Crippen LogP contribution in [0.3, 0.4) is 0 Å².